The highest BCUT2D eigenvalue weighted by molar-refractivity contribution is 5.82. The molecule has 5 nitrogen and oxygen atoms in total. The Labute approximate surface area is 113 Å². The number of carbonyl (C=O) groups excluding carboxylic acids is 1. The van der Waals surface area contributed by atoms with Gasteiger partial charge in [0.25, 0.3) is 0 Å². The number of hydrogen-bond donors (Lipinski definition) is 3. The number of urea groups is 1. The third kappa shape index (κ3) is 5.90. The van der Waals surface area contributed by atoms with Crippen molar-refractivity contribution in [2.75, 3.05) is 6.54 Å². The van der Waals surface area contributed by atoms with Gasteiger partial charge in [-0.05, 0) is 24.8 Å². The van der Waals surface area contributed by atoms with Crippen LogP contribution in [0.25, 0.3) is 0 Å². The van der Waals surface area contributed by atoms with Gasteiger partial charge >= 0.3 is 12.0 Å². The minimum absolute atomic E-state index is 0.374. The number of carboxylic acid groups (broad SMARTS) is 1. The number of hydrogen-bond acceptors (Lipinski definition) is 2. The summed E-state index contributed by atoms with van der Waals surface area (Å²) in [4.78, 5) is 22.5. The van der Waals surface area contributed by atoms with Gasteiger partial charge in [-0.15, -0.1) is 0 Å². The molecule has 1 unspecified atom stereocenters. The molecule has 19 heavy (non-hydrogen) atoms. The zero-order chi connectivity index (χ0) is 14.1. The minimum Gasteiger partial charge on any atom is -0.480 e. The third-order valence-corrected chi connectivity index (χ3v) is 2.70. The predicted molar refractivity (Wildman–Crippen MR) is 73.0 cm³/mol. The van der Waals surface area contributed by atoms with Crippen LogP contribution in [0.15, 0.2) is 30.3 Å². The van der Waals surface area contributed by atoms with Crippen LogP contribution < -0.4 is 10.6 Å². The SMILES string of the molecule is CCCNC(=O)NC(CCc1ccccc1)C(=O)O. The second-order valence-corrected chi connectivity index (χ2v) is 4.32. The van der Waals surface area contributed by atoms with Gasteiger partial charge in [-0.2, -0.15) is 0 Å². The van der Waals surface area contributed by atoms with Gasteiger partial charge in [-0.25, -0.2) is 9.59 Å². The summed E-state index contributed by atoms with van der Waals surface area (Å²) >= 11 is 0. The Kier molecular flexibility index (Phi) is 6.43. The van der Waals surface area contributed by atoms with Crippen molar-refractivity contribution in [1.29, 1.82) is 0 Å². The first-order valence-electron chi connectivity index (χ1n) is 6.44. The van der Waals surface area contributed by atoms with E-state index in [1.54, 1.807) is 0 Å². The molecule has 1 aromatic rings. The highest BCUT2D eigenvalue weighted by atomic mass is 16.4. The normalized spacial score (nSPS) is 11.6. The van der Waals surface area contributed by atoms with E-state index in [1.807, 2.05) is 37.3 Å². The predicted octanol–water partition coefficient (Wildman–Crippen LogP) is 1.78. The first-order chi connectivity index (χ1) is 9.13. The van der Waals surface area contributed by atoms with Crippen LogP contribution >= 0.6 is 0 Å². The summed E-state index contributed by atoms with van der Waals surface area (Å²) < 4.78 is 0. The van der Waals surface area contributed by atoms with Gasteiger partial charge in [0.2, 0.25) is 0 Å². The molecule has 0 aliphatic heterocycles. The van der Waals surface area contributed by atoms with Crippen molar-refractivity contribution in [3.05, 3.63) is 35.9 Å². The van der Waals surface area contributed by atoms with E-state index in [9.17, 15) is 9.59 Å². The molecule has 0 aromatic heterocycles. The van der Waals surface area contributed by atoms with Crippen LogP contribution in [0.1, 0.15) is 25.3 Å². The third-order valence-electron chi connectivity index (χ3n) is 2.70. The van der Waals surface area contributed by atoms with E-state index in [-0.39, 0.29) is 0 Å². The number of aliphatic carboxylic acids is 1. The summed E-state index contributed by atoms with van der Waals surface area (Å²) in [7, 11) is 0. The van der Waals surface area contributed by atoms with Crippen LogP contribution in [-0.2, 0) is 11.2 Å². The molecule has 3 N–H and O–H groups in total. The summed E-state index contributed by atoms with van der Waals surface area (Å²) in [5.41, 5.74) is 1.06. The Morgan fingerprint density at radius 1 is 1.26 bits per heavy atom. The molecule has 5 heteroatoms. The molecule has 2 amide bonds. The Hall–Kier alpha value is -2.04. The summed E-state index contributed by atoms with van der Waals surface area (Å²) in [6, 6.07) is 8.32. The van der Waals surface area contributed by atoms with Crippen LogP contribution in [0.2, 0.25) is 0 Å². The highest BCUT2D eigenvalue weighted by Crippen LogP contribution is 2.05. The number of amides is 2. The summed E-state index contributed by atoms with van der Waals surface area (Å²) in [5.74, 6) is -1.01. The largest absolute Gasteiger partial charge is 0.480 e. The Bertz CT molecular complexity index is 406. The van der Waals surface area contributed by atoms with Gasteiger partial charge < -0.3 is 15.7 Å². The van der Waals surface area contributed by atoms with Crippen molar-refractivity contribution in [1.82, 2.24) is 10.6 Å². The molecule has 0 saturated heterocycles. The van der Waals surface area contributed by atoms with Gasteiger partial charge in [0, 0.05) is 6.54 Å². The van der Waals surface area contributed by atoms with Crippen LogP contribution in [0.3, 0.4) is 0 Å². The molecule has 0 bridgehead atoms. The van der Waals surface area contributed by atoms with Crippen molar-refractivity contribution in [3.63, 3.8) is 0 Å². The molecule has 0 saturated carbocycles. The fourth-order valence-electron chi connectivity index (χ4n) is 1.66. The quantitative estimate of drug-likeness (QED) is 0.702. The lowest BCUT2D eigenvalue weighted by Crippen LogP contribution is -2.46. The lowest BCUT2D eigenvalue weighted by Gasteiger charge is -2.15. The van der Waals surface area contributed by atoms with E-state index in [0.29, 0.717) is 19.4 Å². The topological polar surface area (TPSA) is 78.4 Å². The molecule has 0 spiro atoms. The Balaban J connectivity index is 2.45. The summed E-state index contributed by atoms with van der Waals surface area (Å²) in [6.45, 7) is 2.47. The zero-order valence-corrected chi connectivity index (χ0v) is 11.1. The maximum absolute atomic E-state index is 11.4. The fourth-order valence-corrected chi connectivity index (χ4v) is 1.66. The number of rotatable bonds is 7. The highest BCUT2D eigenvalue weighted by Gasteiger charge is 2.19. The maximum atomic E-state index is 11.4. The molecule has 1 rings (SSSR count). The second-order valence-electron chi connectivity index (χ2n) is 4.32. The number of benzene rings is 1. The van der Waals surface area contributed by atoms with Gasteiger partial charge in [-0.3, -0.25) is 0 Å². The number of nitrogens with one attached hydrogen (secondary N) is 2. The molecule has 0 aliphatic rings. The van der Waals surface area contributed by atoms with Crippen LogP contribution in [0, 0.1) is 0 Å². The molecule has 1 atom stereocenters. The van der Waals surface area contributed by atoms with E-state index < -0.39 is 18.0 Å². The first kappa shape index (κ1) is 15.0. The van der Waals surface area contributed by atoms with E-state index in [4.69, 9.17) is 5.11 Å². The van der Waals surface area contributed by atoms with Crippen LogP contribution in [0.4, 0.5) is 4.79 Å². The molecular weight excluding hydrogens is 244 g/mol. The average Bonchev–Trinajstić information content (AvgIpc) is 2.42. The smallest absolute Gasteiger partial charge is 0.326 e. The Morgan fingerprint density at radius 2 is 1.95 bits per heavy atom. The van der Waals surface area contributed by atoms with Crippen molar-refractivity contribution >= 4 is 12.0 Å². The fraction of sp³-hybridized carbons (Fsp3) is 0.429. The number of aryl methyl sites for hydroxylation is 1. The van der Waals surface area contributed by atoms with Crippen LogP contribution in [0.5, 0.6) is 0 Å². The van der Waals surface area contributed by atoms with Gasteiger partial charge in [0.05, 0.1) is 0 Å². The van der Waals surface area contributed by atoms with E-state index in [1.165, 1.54) is 0 Å². The number of carboxylic acids is 1. The molecule has 0 radical (unpaired) electrons. The van der Waals surface area contributed by atoms with Crippen molar-refractivity contribution < 1.29 is 14.7 Å². The Morgan fingerprint density at radius 3 is 2.53 bits per heavy atom. The number of carbonyl (C=O) groups is 2. The van der Waals surface area contributed by atoms with E-state index in [2.05, 4.69) is 10.6 Å². The maximum Gasteiger partial charge on any atom is 0.326 e. The molecule has 0 fully saturated rings. The average molecular weight is 264 g/mol. The van der Waals surface area contributed by atoms with Gasteiger partial charge in [0.15, 0.2) is 0 Å². The van der Waals surface area contributed by atoms with E-state index in [0.717, 1.165) is 12.0 Å². The first-order valence-corrected chi connectivity index (χ1v) is 6.44. The standard InChI is InChI=1S/C14H20N2O3/c1-2-10-15-14(19)16-12(13(17)18)9-8-11-6-4-3-5-7-11/h3-7,12H,2,8-10H2,1H3,(H,17,18)(H2,15,16,19). The van der Waals surface area contributed by atoms with Crippen molar-refractivity contribution in [2.24, 2.45) is 0 Å². The zero-order valence-electron chi connectivity index (χ0n) is 11.1. The molecular formula is C14H20N2O3. The summed E-state index contributed by atoms with van der Waals surface area (Å²) in [5, 5.41) is 14.2. The van der Waals surface area contributed by atoms with Crippen LogP contribution in [-0.4, -0.2) is 29.7 Å². The summed E-state index contributed by atoms with van der Waals surface area (Å²) in [6.07, 6.45) is 1.81. The lowest BCUT2D eigenvalue weighted by molar-refractivity contribution is -0.139. The molecule has 104 valence electrons. The van der Waals surface area contributed by atoms with Crippen molar-refractivity contribution in [3.8, 4) is 0 Å². The van der Waals surface area contributed by atoms with Gasteiger partial charge in [0.1, 0.15) is 6.04 Å². The van der Waals surface area contributed by atoms with E-state index >= 15 is 0 Å². The second kappa shape index (κ2) is 8.13. The lowest BCUT2D eigenvalue weighted by atomic mass is 10.1. The van der Waals surface area contributed by atoms with Crippen molar-refractivity contribution in [2.45, 2.75) is 32.2 Å². The minimum atomic E-state index is -1.01. The van der Waals surface area contributed by atoms with Gasteiger partial charge in [-0.1, -0.05) is 37.3 Å². The monoisotopic (exact) mass is 264 g/mol. The molecule has 0 aliphatic carbocycles. The molecule has 0 heterocycles. The molecule has 1 aromatic carbocycles.